The second-order valence-corrected chi connectivity index (χ2v) is 9.19. The number of carbonyl (C=O) groups is 2. The molecule has 0 aromatic heterocycles. The molecule has 3 fully saturated rings. The molecule has 18 heteroatoms. The van der Waals surface area contributed by atoms with Crippen LogP contribution in [0.4, 0.5) is 0 Å². The number of nitrogens with one attached hydrogen (secondary N) is 1. The fraction of sp³-hybridized carbons (Fsp3) is 0.900. The second-order valence-electron chi connectivity index (χ2n) is 9.19. The summed E-state index contributed by atoms with van der Waals surface area (Å²) >= 11 is 0. The average molecular weight is 558 g/mol. The van der Waals surface area contributed by atoms with Crippen molar-refractivity contribution in [3.8, 4) is 0 Å². The largest absolute Gasteiger partial charge is 0.479 e. The quantitative estimate of drug-likeness (QED) is 0.132. The Morgan fingerprint density at radius 2 is 1.39 bits per heavy atom. The lowest BCUT2D eigenvalue weighted by Crippen LogP contribution is -2.70. The summed E-state index contributed by atoms with van der Waals surface area (Å²) < 4.78 is 26.8. The van der Waals surface area contributed by atoms with Gasteiger partial charge in [-0.15, -0.1) is 0 Å². The zero-order valence-electron chi connectivity index (χ0n) is 20.0. The predicted octanol–water partition coefficient (Wildman–Crippen LogP) is -7.37. The van der Waals surface area contributed by atoms with Crippen LogP contribution in [0.5, 0.6) is 0 Å². The topological polar surface area (TPSA) is 300 Å². The molecule has 3 saturated heterocycles. The highest BCUT2D eigenvalue weighted by molar-refractivity contribution is 5.75. The number of carboxylic acids is 1. The minimum Gasteiger partial charge on any atom is -0.479 e. The highest BCUT2D eigenvalue weighted by Gasteiger charge is 2.55. The van der Waals surface area contributed by atoms with Crippen molar-refractivity contribution in [2.45, 2.75) is 98.9 Å². The Morgan fingerprint density at radius 3 is 1.95 bits per heavy atom. The molecule has 0 spiro atoms. The van der Waals surface area contributed by atoms with E-state index in [-0.39, 0.29) is 0 Å². The molecule has 1 amide bonds. The summed E-state index contributed by atoms with van der Waals surface area (Å²) in [5, 5.41) is 92.6. The molecule has 3 rings (SSSR count). The van der Waals surface area contributed by atoms with E-state index in [1.165, 1.54) is 0 Å². The van der Waals surface area contributed by atoms with Gasteiger partial charge in [-0.05, 0) is 0 Å². The third-order valence-electron chi connectivity index (χ3n) is 6.54. The molecule has 12 N–H and O–H groups in total. The van der Waals surface area contributed by atoms with Crippen LogP contribution in [-0.2, 0) is 33.3 Å². The first-order chi connectivity index (χ1) is 17.8. The van der Waals surface area contributed by atoms with Gasteiger partial charge in [0.2, 0.25) is 5.91 Å². The molecule has 0 unspecified atom stereocenters. The van der Waals surface area contributed by atoms with Crippen LogP contribution in [0.3, 0.4) is 0 Å². The smallest absolute Gasteiger partial charge is 0.335 e. The highest BCUT2D eigenvalue weighted by Crippen LogP contribution is 2.32. The molecule has 3 aliphatic rings. The summed E-state index contributed by atoms with van der Waals surface area (Å²) in [6.07, 6.45) is -22.8. The van der Waals surface area contributed by atoms with E-state index in [4.69, 9.17) is 29.4 Å². The van der Waals surface area contributed by atoms with Crippen molar-refractivity contribution in [1.29, 1.82) is 0 Å². The fourth-order valence-corrected chi connectivity index (χ4v) is 4.47. The van der Waals surface area contributed by atoms with Crippen LogP contribution < -0.4 is 11.1 Å². The molecular weight excluding hydrogens is 524 g/mol. The number of aliphatic carboxylic acids is 1. The second kappa shape index (κ2) is 12.7. The zero-order chi connectivity index (χ0) is 28.5. The molecule has 3 aliphatic heterocycles. The van der Waals surface area contributed by atoms with Crippen LogP contribution in [0.15, 0.2) is 0 Å². The zero-order valence-corrected chi connectivity index (χ0v) is 20.0. The van der Waals surface area contributed by atoms with Gasteiger partial charge in [0, 0.05) is 6.92 Å². The van der Waals surface area contributed by atoms with E-state index >= 15 is 0 Å². The van der Waals surface area contributed by atoms with Gasteiger partial charge in [0.25, 0.3) is 0 Å². The number of carbonyl (C=O) groups excluding carboxylic acids is 1. The van der Waals surface area contributed by atoms with Crippen molar-refractivity contribution in [3.63, 3.8) is 0 Å². The maximum Gasteiger partial charge on any atom is 0.335 e. The van der Waals surface area contributed by atoms with Gasteiger partial charge >= 0.3 is 5.97 Å². The van der Waals surface area contributed by atoms with Crippen molar-refractivity contribution in [3.05, 3.63) is 0 Å². The van der Waals surface area contributed by atoms with Gasteiger partial charge in [0.1, 0.15) is 61.0 Å². The molecule has 0 aromatic rings. The molecule has 220 valence electrons. The lowest BCUT2D eigenvalue weighted by atomic mass is 9.94. The number of carboxylic acid groups (broad SMARTS) is 1. The van der Waals surface area contributed by atoms with Crippen molar-refractivity contribution < 1.29 is 79.2 Å². The summed E-state index contributed by atoms with van der Waals surface area (Å²) in [6.45, 7) is -0.533. The van der Waals surface area contributed by atoms with Gasteiger partial charge < -0.3 is 80.7 Å². The van der Waals surface area contributed by atoms with E-state index in [1.807, 2.05) is 0 Å². The van der Waals surface area contributed by atoms with E-state index in [9.17, 15) is 55.5 Å². The number of nitrogens with two attached hydrogens (primary N) is 1. The number of ether oxygens (including phenoxy) is 5. The van der Waals surface area contributed by atoms with Crippen LogP contribution in [0, 0.1) is 0 Å². The SMILES string of the molecule is CC(=O)N[C@@H]1[C@H](O[C@H]2[C@H](O)[C@@H](N)[C@H](O)O[C@@H]2CO)O[C@@H](C(=O)O)[C@@H](O[C@H]2O[C@H](CO)[C@H](O)[C@H](O)[C@H]2O)[C@@H]1O. The number of hydrogen-bond acceptors (Lipinski definition) is 16. The molecule has 0 aliphatic carbocycles. The summed E-state index contributed by atoms with van der Waals surface area (Å²) in [5.74, 6) is -2.45. The first-order valence-corrected chi connectivity index (χ1v) is 11.6. The van der Waals surface area contributed by atoms with Gasteiger partial charge in [0.15, 0.2) is 25.0 Å². The molecule has 15 atom stereocenters. The predicted molar refractivity (Wildman–Crippen MR) is 115 cm³/mol. The lowest BCUT2D eigenvalue weighted by Gasteiger charge is -2.48. The molecule has 3 heterocycles. The van der Waals surface area contributed by atoms with Gasteiger partial charge in [-0.1, -0.05) is 0 Å². The number of amides is 1. The van der Waals surface area contributed by atoms with Crippen LogP contribution >= 0.6 is 0 Å². The monoisotopic (exact) mass is 558 g/mol. The maximum absolute atomic E-state index is 12.1. The summed E-state index contributed by atoms with van der Waals surface area (Å²) in [6, 6.07) is -3.00. The van der Waals surface area contributed by atoms with Crippen molar-refractivity contribution in [2.24, 2.45) is 5.73 Å². The van der Waals surface area contributed by atoms with E-state index in [0.29, 0.717) is 0 Å². The normalized spacial score (nSPS) is 47.9. The Morgan fingerprint density at radius 1 is 0.789 bits per heavy atom. The van der Waals surface area contributed by atoms with Crippen molar-refractivity contribution in [2.75, 3.05) is 13.2 Å². The summed E-state index contributed by atoms with van der Waals surface area (Å²) in [7, 11) is 0. The van der Waals surface area contributed by atoms with E-state index in [1.54, 1.807) is 0 Å². The van der Waals surface area contributed by atoms with E-state index in [0.717, 1.165) is 6.92 Å². The molecular formula is C20H34N2O16. The van der Waals surface area contributed by atoms with Crippen molar-refractivity contribution >= 4 is 11.9 Å². The fourth-order valence-electron chi connectivity index (χ4n) is 4.47. The molecule has 38 heavy (non-hydrogen) atoms. The minimum atomic E-state index is -2.07. The van der Waals surface area contributed by atoms with Crippen LogP contribution in [-0.4, -0.2) is 163 Å². The first-order valence-electron chi connectivity index (χ1n) is 11.6. The Bertz CT molecular complexity index is 818. The molecule has 18 nitrogen and oxygen atoms in total. The van der Waals surface area contributed by atoms with Crippen LogP contribution in [0.25, 0.3) is 0 Å². The average Bonchev–Trinajstić information content (AvgIpc) is 2.87. The Hall–Kier alpha value is -1.62. The molecule has 0 bridgehead atoms. The standard InChI is InChI=1S/C20H34N2O16/c1-4(25)22-8-11(28)15(37-20-13(30)12(29)9(26)5(2-23)35-20)16(17(31)32)38-19(8)36-14-6(3-24)34-18(33)7(21)10(14)27/h5-16,18-20,23-24,26-30,33H,2-3,21H2,1H3,(H,22,25)(H,31,32)/t5-,6-,7-,8+,9+,10-,11-,12+,13-,14-,15+,16-,18-,19-,20-/m1/s1. The Labute approximate surface area is 215 Å². The van der Waals surface area contributed by atoms with Crippen molar-refractivity contribution in [1.82, 2.24) is 5.32 Å². The number of aliphatic hydroxyl groups is 8. The molecule has 0 saturated carbocycles. The molecule has 0 radical (unpaired) electrons. The van der Waals surface area contributed by atoms with Gasteiger partial charge in [-0.2, -0.15) is 0 Å². The van der Waals surface area contributed by atoms with Gasteiger partial charge in [0.05, 0.1) is 19.3 Å². The maximum atomic E-state index is 12.1. The Kier molecular flexibility index (Phi) is 10.3. The summed E-state index contributed by atoms with van der Waals surface area (Å²) in [5.41, 5.74) is 5.68. The van der Waals surface area contributed by atoms with Crippen LogP contribution in [0.2, 0.25) is 0 Å². The summed E-state index contributed by atoms with van der Waals surface area (Å²) in [4.78, 5) is 23.9. The lowest BCUT2D eigenvalue weighted by molar-refractivity contribution is -0.355. The highest BCUT2D eigenvalue weighted by atomic mass is 16.7. The third kappa shape index (κ3) is 6.24. The molecule has 0 aromatic carbocycles. The number of aliphatic hydroxyl groups excluding tert-OH is 8. The minimum absolute atomic E-state index is 0.738. The first kappa shape index (κ1) is 30.9. The van der Waals surface area contributed by atoms with Crippen LogP contribution in [0.1, 0.15) is 6.92 Å². The number of rotatable bonds is 8. The number of hydrogen-bond donors (Lipinski definition) is 11. The Balaban J connectivity index is 1.88. The van der Waals surface area contributed by atoms with E-state index in [2.05, 4.69) is 5.32 Å². The van der Waals surface area contributed by atoms with E-state index < -0.39 is 117 Å². The van der Waals surface area contributed by atoms with Gasteiger partial charge in [-0.25, -0.2) is 4.79 Å². The van der Waals surface area contributed by atoms with Gasteiger partial charge in [-0.3, -0.25) is 4.79 Å². The third-order valence-corrected chi connectivity index (χ3v) is 6.54.